The molecule has 2 N–H and O–H groups in total. The van der Waals surface area contributed by atoms with E-state index in [9.17, 15) is 9.90 Å². The fourth-order valence-corrected chi connectivity index (χ4v) is 8.13. The average molecular weight is 448 g/mol. The van der Waals surface area contributed by atoms with E-state index in [4.69, 9.17) is 4.98 Å². The van der Waals surface area contributed by atoms with Gasteiger partial charge in [-0.15, -0.1) is 0 Å². The number of imidazole rings is 1. The third kappa shape index (κ3) is 3.98. The van der Waals surface area contributed by atoms with Crippen LogP contribution in [0.3, 0.4) is 0 Å². The first kappa shape index (κ1) is 21.2. The monoisotopic (exact) mass is 447 g/mol. The van der Waals surface area contributed by atoms with E-state index in [1.54, 1.807) is 0 Å². The van der Waals surface area contributed by atoms with E-state index in [0.717, 1.165) is 48.9 Å². The first-order chi connectivity index (χ1) is 16.0. The molecule has 4 bridgehead atoms. The number of benzene rings is 1. The summed E-state index contributed by atoms with van der Waals surface area (Å²) < 4.78 is 0. The van der Waals surface area contributed by atoms with Crippen LogP contribution in [-0.4, -0.2) is 34.1 Å². The molecule has 1 aromatic heterocycles. The van der Waals surface area contributed by atoms with Gasteiger partial charge in [0.1, 0.15) is 5.82 Å². The first-order valence-electron chi connectivity index (χ1n) is 13.1. The lowest BCUT2D eigenvalue weighted by molar-refractivity contribution is -0.142. The maximum absolute atomic E-state index is 11.5. The number of carboxylic acids is 1. The van der Waals surface area contributed by atoms with Crippen LogP contribution in [0.5, 0.6) is 0 Å². The molecule has 0 spiro atoms. The Morgan fingerprint density at radius 2 is 1.73 bits per heavy atom. The van der Waals surface area contributed by atoms with Gasteiger partial charge in [0, 0.05) is 18.7 Å². The van der Waals surface area contributed by atoms with Gasteiger partial charge < -0.3 is 15.0 Å². The molecule has 1 saturated heterocycles. The fraction of sp³-hybridized carbons (Fsp3) is 0.643. The van der Waals surface area contributed by atoms with Gasteiger partial charge in [0.05, 0.1) is 11.6 Å². The maximum Gasteiger partial charge on any atom is 0.306 e. The number of hydrogen-bond acceptors (Lipinski definition) is 3. The number of H-pyrrole nitrogens is 1. The van der Waals surface area contributed by atoms with Gasteiger partial charge in [0.15, 0.2) is 5.82 Å². The second-order valence-corrected chi connectivity index (χ2v) is 11.7. The van der Waals surface area contributed by atoms with E-state index in [1.807, 2.05) is 0 Å². The molecule has 0 unspecified atom stereocenters. The van der Waals surface area contributed by atoms with Crippen LogP contribution >= 0.6 is 0 Å². The summed E-state index contributed by atoms with van der Waals surface area (Å²) in [4.78, 5) is 22.7. The van der Waals surface area contributed by atoms with Crippen molar-refractivity contribution in [2.24, 2.45) is 29.1 Å². The highest BCUT2D eigenvalue weighted by atomic mass is 16.4. The lowest BCUT2D eigenvalue weighted by Gasteiger charge is -2.57. The summed E-state index contributed by atoms with van der Waals surface area (Å²) in [5, 5.41) is 9.43. The largest absolute Gasteiger partial charge is 0.481 e. The van der Waals surface area contributed by atoms with Crippen molar-refractivity contribution >= 4 is 11.8 Å². The zero-order valence-electron chi connectivity index (χ0n) is 19.9. The number of aryl methyl sites for hydroxylation is 2. The minimum Gasteiger partial charge on any atom is -0.481 e. The van der Waals surface area contributed by atoms with E-state index in [1.165, 1.54) is 61.8 Å². The van der Waals surface area contributed by atoms with Crippen molar-refractivity contribution in [1.29, 1.82) is 0 Å². The lowest BCUT2D eigenvalue weighted by Crippen LogP contribution is -2.46. The number of nitrogens with one attached hydrogen (secondary N) is 1. The quantitative estimate of drug-likeness (QED) is 0.584. The number of anilines is 1. The van der Waals surface area contributed by atoms with Crippen molar-refractivity contribution in [2.75, 3.05) is 18.0 Å². The number of nitrogens with zero attached hydrogens (tertiary/aromatic N) is 2. The number of hydrogen-bond donors (Lipinski definition) is 2. The minimum atomic E-state index is -0.653. The second kappa shape index (κ2) is 8.18. The van der Waals surface area contributed by atoms with Crippen LogP contribution < -0.4 is 4.90 Å². The first-order valence-corrected chi connectivity index (χ1v) is 13.1. The van der Waals surface area contributed by atoms with Crippen molar-refractivity contribution in [3.8, 4) is 11.4 Å². The molecule has 4 aliphatic carbocycles. The predicted octanol–water partition coefficient (Wildman–Crippen LogP) is 5.84. The summed E-state index contributed by atoms with van der Waals surface area (Å²) in [7, 11) is 0. The zero-order valence-corrected chi connectivity index (χ0v) is 19.9. The summed E-state index contributed by atoms with van der Waals surface area (Å²) in [5.74, 6) is 4.11. The van der Waals surface area contributed by atoms with Crippen LogP contribution in [0.15, 0.2) is 24.3 Å². The number of aromatic amines is 1. The number of piperidine rings is 1. The molecule has 7 rings (SSSR count). The van der Waals surface area contributed by atoms with E-state index in [2.05, 4.69) is 41.1 Å². The van der Waals surface area contributed by atoms with Crippen molar-refractivity contribution in [1.82, 2.24) is 9.97 Å². The van der Waals surface area contributed by atoms with E-state index in [0.29, 0.717) is 18.3 Å². The van der Waals surface area contributed by atoms with Crippen molar-refractivity contribution in [3.63, 3.8) is 0 Å². The molecule has 5 heteroatoms. The van der Waals surface area contributed by atoms with Gasteiger partial charge >= 0.3 is 5.97 Å². The Hall–Kier alpha value is -2.30. The van der Waals surface area contributed by atoms with Crippen LogP contribution in [0.25, 0.3) is 11.4 Å². The Bertz CT molecular complexity index is 998. The van der Waals surface area contributed by atoms with Gasteiger partial charge in [-0.05, 0) is 99.9 Å². The van der Waals surface area contributed by atoms with Crippen molar-refractivity contribution in [2.45, 2.75) is 71.1 Å². The van der Waals surface area contributed by atoms with Gasteiger partial charge in [0.2, 0.25) is 0 Å². The molecule has 0 amide bonds. The molecule has 2 aromatic rings. The van der Waals surface area contributed by atoms with Crippen LogP contribution in [0.1, 0.15) is 69.0 Å². The Morgan fingerprint density at radius 1 is 1.09 bits per heavy atom. The molecule has 4 saturated carbocycles. The number of carbonyl (C=O) groups is 1. The molecule has 33 heavy (non-hydrogen) atoms. The van der Waals surface area contributed by atoms with Crippen molar-refractivity contribution in [3.05, 3.63) is 35.5 Å². The van der Waals surface area contributed by atoms with E-state index >= 15 is 0 Å². The Morgan fingerprint density at radius 3 is 2.33 bits per heavy atom. The van der Waals surface area contributed by atoms with Gasteiger partial charge in [-0.2, -0.15) is 0 Å². The molecule has 1 aliphatic heterocycles. The average Bonchev–Trinajstić information content (AvgIpc) is 3.21. The molecule has 1 aromatic carbocycles. The Kier molecular flexibility index (Phi) is 5.26. The highest BCUT2D eigenvalue weighted by molar-refractivity contribution is 5.70. The van der Waals surface area contributed by atoms with Crippen LogP contribution in [0.2, 0.25) is 0 Å². The molecule has 176 valence electrons. The second-order valence-electron chi connectivity index (χ2n) is 11.7. The van der Waals surface area contributed by atoms with Crippen molar-refractivity contribution < 1.29 is 9.90 Å². The van der Waals surface area contributed by atoms with Crippen LogP contribution in [-0.2, 0) is 11.2 Å². The SMILES string of the molecule is Cc1ccccc1-c1nc(N2CCC(C(=O)O)CC2)c(CCC23CC4CC(CC(C4)C2)C3)[nH]1. The van der Waals surface area contributed by atoms with E-state index in [-0.39, 0.29) is 5.92 Å². The topological polar surface area (TPSA) is 69.2 Å². The zero-order chi connectivity index (χ0) is 22.6. The maximum atomic E-state index is 11.5. The fourth-order valence-electron chi connectivity index (χ4n) is 8.13. The van der Waals surface area contributed by atoms with Gasteiger partial charge in [-0.3, -0.25) is 4.79 Å². The predicted molar refractivity (Wildman–Crippen MR) is 130 cm³/mol. The Labute approximate surface area is 197 Å². The number of aromatic nitrogens is 2. The standard InChI is InChI=1S/C28H37N3O2/c1-18-4-2-3-5-23(18)25-29-24(26(30-25)31-10-7-22(8-11-31)27(32)33)6-9-28-15-19-12-20(16-28)14-21(13-19)17-28/h2-5,19-22H,6-17H2,1H3,(H,29,30)(H,32,33). The molecule has 2 heterocycles. The molecular formula is C28H37N3O2. The normalized spacial score (nSPS) is 31.3. The van der Waals surface area contributed by atoms with Gasteiger partial charge in [0.25, 0.3) is 0 Å². The summed E-state index contributed by atoms with van der Waals surface area (Å²) >= 11 is 0. The number of rotatable bonds is 6. The third-order valence-corrected chi connectivity index (χ3v) is 9.37. The minimum absolute atomic E-state index is 0.216. The number of aliphatic carboxylic acids is 1. The molecule has 0 radical (unpaired) electrons. The molecule has 5 nitrogen and oxygen atoms in total. The van der Waals surface area contributed by atoms with Crippen LogP contribution in [0, 0.1) is 36.0 Å². The van der Waals surface area contributed by atoms with Gasteiger partial charge in [-0.25, -0.2) is 4.98 Å². The molecular weight excluding hydrogens is 410 g/mol. The molecule has 5 fully saturated rings. The summed E-state index contributed by atoms with van der Waals surface area (Å²) in [6, 6.07) is 8.45. The highest BCUT2D eigenvalue weighted by Gasteiger charge is 2.50. The van der Waals surface area contributed by atoms with Crippen LogP contribution in [0.4, 0.5) is 5.82 Å². The molecule has 0 atom stereocenters. The van der Waals surface area contributed by atoms with E-state index < -0.39 is 5.97 Å². The smallest absolute Gasteiger partial charge is 0.306 e. The summed E-state index contributed by atoms with van der Waals surface area (Å²) in [5.41, 5.74) is 4.21. The lowest BCUT2D eigenvalue weighted by atomic mass is 9.48. The summed E-state index contributed by atoms with van der Waals surface area (Å²) in [6.07, 6.45) is 12.5. The van der Waals surface area contributed by atoms with Gasteiger partial charge in [-0.1, -0.05) is 24.3 Å². The number of carboxylic acid groups (broad SMARTS) is 1. The summed E-state index contributed by atoms with van der Waals surface area (Å²) in [6.45, 7) is 3.70. The highest BCUT2D eigenvalue weighted by Crippen LogP contribution is 2.61. The Balaban J connectivity index is 1.26. The third-order valence-electron chi connectivity index (χ3n) is 9.37. The molecule has 5 aliphatic rings.